The van der Waals surface area contributed by atoms with E-state index in [-0.39, 0.29) is 50.7 Å². The van der Waals surface area contributed by atoms with Crippen molar-refractivity contribution in [2.45, 2.75) is 26.7 Å². The zero-order valence-electron chi connectivity index (χ0n) is 9.56. The summed E-state index contributed by atoms with van der Waals surface area (Å²) in [6.45, 7) is 4.43. The normalized spacial score (nSPS) is 8.88. The quantitative estimate of drug-likeness (QED) is 0.378. The molecule has 0 amide bonds. The van der Waals surface area contributed by atoms with Crippen LogP contribution in [-0.2, 0) is 38.7 Å². The van der Waals surface area contributed by atoms with Crippen molar-refractivity contribution >= 4 is 10.8 Å². The van der Waals surface area contributed by atoms with E-state index in [4.69, 9.17) is 0 Å². The van der Waals surface area contributed by atoms with Crippen LogP contribution < -0.4 is 24.8 Å². The molecule has 0 heterocycles. The number of fused-ring (bicyclic) bond motifs is 1. The van der Waals surface area contributed by atoms with Crippen LogP contribution in [0.25, 0.3) is 10.8 Å². The molecule has 0 N–H and O–H groups in total. The van der Waals surface area contributed by atoms with E-state index in [1.54, 1.807) is 0 Å². The number of benzene rings is 1. The predicted molar refractivity (Wildman–Crippen MR) is 58.3 cm³/mol. The molecule has 0 spiro atoms. The van der Waals surface area contributed by atoms with E-state index in [1.165, 1.54) is 21.9 Å². The van der Waals surface area contributed by atoms with Crippen LogP contribution in [0, 0.1) is 0 Å². The van der Waals surface area contributed by atoms with Crippen LogP contribution in [0.15, 0.2) is 30.3 Å². The standard InChI is InChI=1S/C13H15.2ClH.Hf/c1-3-10-8-9-11(4-2)13-7-5-6-12(10)13;;;/h5-9H,3-4H2,1-2H3;2*1H;/q-1;;;/p-2. The summed E-state index contributed by atoms with van der Waals surface area (Å²) in [7, 11) is 0. The van der Waals surface area contributed by atoms with E-state index >= 15 is 0 Å². The minimum absolute atomic E-state index is 0. The average Bonchev–Trinajstić information content (AvgIpc) is 2.64. The summed E-state index contributed by atoms with van der Waals surface area (Å²) in [4.78, 5) is 0. The van der Waals surface area contributed by atoms with Crippen LogP contribution in [0.1, 0.15) is 25.0 Å². The topological polar surface area (TPSA) is 0 Å². The van der Waals surface area contributed by atoms with Crippen LogP contribution in [-0.4, -0.2) is 0 Å². The summed E-state index contributed by atoms with van der Waals surface area (Å²) in [5, 5.41) is 2.89. The first-order valence-corrected chi connectivity index (χ1v) is 5.03. The molecule has 0 aromatic heterocycles. The molecule has 0 aliphatic carbocycles. The first-order chi connectivity index (χ1) is 6.36. The Morgan fingerprint density at radius 3 is 2.06 bits per heavy atom. The van der Waals surface area contributed by atoms with E-state index in [9.17, 15) is 0 Å². The molecule has 2 aromatic carbocycles. The number of aryl methyl sites for hydroxylation is 2. The average molecular weight is 421 g/mol. The zero-order valence-corrected chi connectivity index (χ0v) is 14.7. The van der Waals surface area contributed by atoms with Gasteiger partial charge in [0.2, 0.25) is 0 Å². The molecule has 3 heteroatoms. The van der Waals surface area contributed by atoms with Crippen LogP contribution in [0.2, 0.25) is 0 Å². The van der Waals surface area contributed by atoms with Crippen molar-refractivity contribution in [3.05, 3.63) is 41.5 Å². The molecule has 0 saturated carbocycles. The van der Waals surface area contributed by atoms with Crippen molar-refractivity contribution in [2.24, 2.45) is 0 Å². The number of halogens is 2. The number of hydrogen-bond donors (Lipinski definition) is 0. The second-order valence-corrected chi connectivity index (χ2v) is 3.44. The number of hydrogen-bond acceptors (Lipinski definition) is 0. The molecule has 88 valence electrons. The molecule has 0 unspecified atom stereocenters. The minimum atomic E-state index is 0. The molecular formula is C13H15Cl2Hf-3. The fourth-order valence-electron chi connectivity index (χ4n) is 1.98. The van der Waals surface area contributed by atoms with E-state index in [2.05, 4.69) is 44.2 Å². The Kier molecular flexibility index (Phi) is 9.77. The summed E-state index contributed by atoms with van der Waals surface area (Å²) in [5.74, 6) is 0. The fraction of sp³-hybridized carbons (Fsp3) is 0.308. The van der Waals surface area contributed by atoms with Gasteiger partial charge in [0.1, 0.15) is 0 Å². The van der Waals surface area contributed by atoms with Gasteiger partial charge in [0.05, 0.1) is 0 Å². The van der Waals surface area contributed by atoms with Crippen molar-refractivity contribution in [3.8, 4) is 0 Å². The first-order valence-electron chi connectivity index (χ1n) is 5.03. The maximum atomic E-state index is 2.27. The Bertz CT molecular complexity index is 383. The van der Waals surface area contributed by atoms with Crippen molar-refractivity contribution < 1.29 is 50.7 Å². The zero-order chi connectivity index (χ0) is 9.26. The molecule has 0 aliphatic rings. The molecule has 0 fully saturated rings. The second kappa shape index (κ2) is 8.38. The van der Waals surface area contributed by atoms with Crippen LogP contribution in [0.4, 0.5) is 0 Å². The molecule has 0 radical (unpaired) electrons. The van der Waals surface area contributed by atoms with Gasteiger partial charge in [-0.25, -0.2) is 0 Å². The van der Waals surface area contributed by atoms with Gasteiger partial charge in [-0.05, 0) is 6.42 Å². The van der Waals surface area contributed by atoms with Crippen molar-refractivity contribution in [2.75, 3.05) is 0 Å². The smallest absolute Gasteiger partial charge is 0 e. The van der Waals surface area contributed by atoms with Crippen LogP contribution in [0.5, 0.6) is 0 Å². The fourth-order valence-corrected chi connectivity index (χ4v) is 1.98. The molecule has 0 atom stereocenters. The Labute approximate surface area is 129 Å². The Hall–Kier alpha value is 0.280. The summed E-state index contributed by atoms with van der Waals surface area (Å²) in [6, 6.07) is 11.1. The molecule has 0 saturated heterocycles. The van der Waals surface area contributed by atoms with Gasteiger partial charge in [-0.3, -0.25) is 0 Å². The van der Waals surface area contributed by atoms with Gasteiger partial charge in [0, 0.05) is 25.8 Å². The van der Waals surface area contributed by atoms with Gasteiger partial charge >= 0.3 is 0 Å². The van der Waals surface area contributed by atoms with E-state index < -0.39 is 0 Å². The van der Waals surface area contributed by atoms with E-state index in [0.717, 1.165) is 12.8 Å². The van der Waals surface area contributed by atoms with E-state index in [0.29, 0.717) is 0 Å². The van der Waals surface area contributed by atoms with Gasteiger partial charge in [0.25, 0.3) is 0 Å². The Morgan fingerprint density at radius 1 is 0.938 bits per heavy atom. The Balaban J connectivity index is 0. The molecule has 0 aliphatic heterocycles. The summed E-state index contributed by atoms with van der Waals surface area (Å²) >= 11 is 0. The van der Waals surface area contributed by atoms with Crippen LogP contribution in [0.3, 0.4) is 0 Å². The largest absolute Gasteiger partial charge is 1.00 e. The first kappa shape index (κ1) is 18.6. The molecule has 2 rings (SSSR count). The van der Waals surface area contributed by atoms with Crippen molar-refractivity contribution in [1.82, 2.24) is 0 Å². The minimum Gasteiger partial charge on any atom is -1.00 e. The predicted octanol–water partition coefficient (Wildman–Crippen LogP) is -2.31. The monoisotopic (exact) mass is 421 g/mol. The van der Waals surface area contributed by atoms with Gasteiger partial charge in [-0.15, -0.1) is 28.5 Å². The van der Waals surface area contributed by atoms with Crippen molar-refractivity contribution in [1.29, 1.82) is 0 Å². The third kappa shape index (κ3) is 3.38. The molecule has 0 bridgehead atoms. The van der Waals surface area contributed by atoms with Gasteiger partial charge in [-0.2, -0.15) is 12.1 Å². The molecule has 2 aromatic rings. The second-order valence-electron chi connectivity index (χ2n) is 3.44. The molecular weight excluding hydrogens is 406 g/mol. The maximum absolute atomic E-state index is 2.27. The summed E-state index contributed by atoms with van der Waals surface area (Å²) in [6.07, 6.45) is 2.26. The summed E-state index contributed by atoms with van der Waals surface area (Å²) in [5.41, 5.74) is 2.94. The van der Waals surface area contributed by atoms with Gasteiger partial charge in [-0.1, -0.05) is 31.9 Å². The SMILES string of the molecule is CCc1ccc(CC)c2[cH-]ccc12.[Cl-].[Cl-].[Hf]. The van der Waals surface area contributed by atoms with Gasteiger partial charge < -0.3 is 24.8 Å². The van der Waals surface area contributed by atoms with E-state index in [1.807, 2.05) is 0 Å². The summed E-state index contributed by atoms with van der Waals surface area (Å²) < 4.78 is 0. The van der Waals surface area contributed by atoms with Crippen molar-refractivity contribution in [3.63, 3.8) is 0 Å². The third-order valence-electron chi connectivity index (χ3n) is 2.76. The maximum Gasteiger partial charge on any atom is 0 e. The molecule has 16 heavy (non-hydrogen) atoms. The third-order valence-corrected chi connectivity index (χ3v) is 2.76. The van der Waals surface area contributed by atoms with Crippen LogP contribution >= 0.6 is 0 Å². The number of rotatable bonds is 2. The molecule has 0 nitrogen and oxygen atoms in total. The Morgan fingerprint density at radius 2 is 1.50 bits per heavy atom. The van der Waals surface area contributed by atoms with Gasteiger partial charge in [0.15, 0.2) is 0 Å².